The van der Waals surface area contributed by atoms with Crippen LogP contribution in [0.2, 0.25) is 0 Å². The van der Waals surface area contributed by atoms with E-state index < -0.39 is 0 Å². The van der Waals surface area contributed by atoms with Crippen molar-refractivity contribution in [3.8, 4) is 5.75 Å². The molecule has 1 unspecified atom stereocenters. The zero-order chi connectivity index (χ0) is 19.0. The minimum atomic E-state index is -0.329. The molecule has 2 aliphatic rings. The Hall–Kier alpha value is -2.87. The van der Waals surface area contributed by atoms with Crippen LogP contribution in [0.1, 0.15) is 28.1 Å². The van der Waals surface area contributed by atoms with Gasteiger partial charge in [0.1, 0.15) is 11.8 Å². The van der Waals surface area contributed by atoms with Gasteiger partial charge in [0.25, 0.3) is 11.8 Å². The Morgan fingerprint density at radius 1 is 1.33 bits per heavy atom. The number of ether oxygens (including phenoxy) is 1. The smallest absolute Gasteiger partial charge is 0.327 e. The molecule has 4 amide bonds. The molecular weight excluding hydrogens is 366 g/mol. The molecule has 0 spiro atoms. The molecular formula is C19H19N3O4S. The minimum absolute atomic E-state index is 0.122. The van der Waals surface area contributed by atoms with Gasteiger partial charge < -0.3 is 15.0 Å². The van der Waals surface area contributed by atoms with Gasteiger partial charge in [-0.05, 0) is 42.5 Å². The van der Waals surface area contributed by atoms with Crippen LogP contribution >= 0.6 is 11.3 Å². The van der Waals surface area contributed by atoms with E-state index in [2.05, 4.69) is 5.32 Å². The number of amides is 4. The van der Waals surface area contributed by atoms with Crippen LogP contribution in [0.3, 0.4) is 0 Å². The maximum atomic E-state index is 12.6. The molecule has 2 aromatic rings. The highest BCUT2D eigenvalue weighted by atomic mass is 32.1. The second-order valence-electron chi connectivity index (χ2n) is 6.52. The van der Waals surface area contributed by atoms with Crippen molar-refractivity contribution in [1.82, 2.24) is 9.80 Å². The number of nitrogens with one attached hydrogen (secondary N) is 1. The van der Waals surface area contributed by atoms with Gasteiger partial charge in [0.2, 0.25) is 0 Å². The Balaban J connectivity index is 1.55. The zero-order valence-electron chi connectivity index (χ0n) is 14.8. The number of nitrogens with zero attached hydrogens (tertiary/aromatic N) is 2. The van der Waals surface area contributed by atoms with Gasteiger partial charge in [0, 0.05) is 17.8 Å². The summed E-state index contributed by atoms with van der Waals surface area (Å²) in [5.74, 6) is 0.208. The van der Waals surface area contributed by atoms with Crippen LogP contribution in [-0.4, -0.2) is 47.3 Å². The summed E-state index contributed by atoms with van der Waals surface area (Å²) in [6.45, 7) is 0.746. The third kappa shape index (κ3) is 3.16. The summed E-state index contributed by atoms with van der Waals surface area (Å²) in [4.78, 5) is 40.9. The van der Waals surface area contributed by atoms with Crippen molar-refractivity contribution < 1.29 is 19.1 Å². The van der Waals surface area contributed by atoms with Crippen molar-refractivity contribution in [2.45, 2.75) is 25.4 Å². The van der Waals surface area contributed by atoms with E-state index in [9.17, 15) is 14.4 Å². The molecule has 0 aliphatic carbocycles. The Morgan fingerprint density at radius 2 is 2.19 bits per heavy atom. The molecule has 2 saturated heterocycles. The van der Waals surface area contributed by atoms with Gasteiger partial charge in [-0.1, -0.05) is 6.07 Å². The Morgan fingerprint density at radius 3 is 2.89 bits per heavy atom. The molecule has 1 N–H and O–H groups in total. The van der Waals surface area contributed by atoms with Gasteiger partial charge >= 0.3 is 6.03 Å². The van der Waals surface area contributed by atoms with Crippen molar-refractivity contribution in [3.63, 3.8) is 0 Å². The molecule has 0 saturated carbocycles. The number of hydrogen-bond acceptors (Lipinski definition) is 5. The van der Waals surface area contributed by atoms with Crippen molar-refractivity contribution in [3.05, 3.63) is 46.2 Å². The first-order chi connectivity index (χ1) is 13.1. The lowest BCUT2D eigenvalue weighted by molar-refractivity contribution is -0.128. The molecule has 2 aliphatic heterocycles. The average molecular weight is 385 g/mol. The van der Waals surface area contributed by atoms with Crippen LogP contribution in [0.25, 0.3) is 0 Å². The summed E-state index contributed by atoms with van der Waals surface area (Å²) in [7, 11) is 1.54. The van der Waals surface area contributed by atoms with E-state index >= 15 is 0 Å². The van der Waals surface area contributed by atoms with Crippen molar-refractivity contribution in [1.29, 1.82) is 0 Å². The quantitative estimate of drug-likeness (QED) is 0.803. The van der Waals surface area contributed by atoms with Gasteiger partial charge in [0.05, 0.1) is 18.5 Å². The number of benzene rings is 1. The zero-order valence-corrected chi connectivity index (χ0v) is 15.6. The molecule has 140 valence electrons. The topological polar surface area (TPSA) is 79.0 Å². The lowest BCUT2D eigenvalue weighted by atomic mass is 10.1. The molecule has 7 nitrogen and oxygen atoms in total. The molecule has 0 bridgehead atoms. The maximum Gasteiger partial charge on any atom is 0.327 e. The van der Waals surface area contributed by atoms with Gasteiger partial charge in [-0.15, -0.1) is 11.3 Å². The predicted octanol–water partition coefficient (Wildman–Crippen LogP) is 2.94. The van der Waals surface area contributed by atoms with E-state index in [1.165, 1.54) is 23.3 Å². The Bertz CT molecular complexity index is 874. The van der Waals surface area contributed by atoms with Crippen LogP contribution in [0.5, 0.6) is 5.75 Å². The molecule has 8 heteroatoms. The summed E-state index contributed by atoms with van der Waals surface area (Å²) in [6.07, 6.45) is 1.58. The molecule has 0 radical (unpaired) electrons. The molecule has 1 aromatic heterocycles. The van der Waals surface area contributed by atoms with Gasteiger partial charge in [-0.25, -0.2) is 4.79 Å². The molecule has 2 fully saturated rings. The number of carbonyl (C=O) groups is 3. The predicted molar refractivity (Wildman–Crippen MR) is 101 cm³/mol. The number of anilines is 1. The third-order valence-corrected chi connectivity index (χ3v) is 5.76. The maximum absolute atomic E-state index is 12.6. The van der Waals surface area contributed by atoms with Crippen molar-refractivity contribution in [2.75, 3.05) is 19.0 Å². The van der Waals surface area contributed by atoms with Crippen LogP contribution in [0.15, 0.2) is 35.7 Å². The summed E-state index contributed by atoms with van der Waals surface area (Å²) in [6, 6.07) is 8.19. The molecule has 1 atom stereocenters. The van der Waals surface area contributed by atoms with Crippen molar-refractivity contribution >= 4 is 34.9 Å². The van der Waals surface area contributed by atoms with Gasteiger partial charge in [-0.3, -0.25) is 14.5 Å². The van der Waals surface area contributed by atoms with Gasteiger partial charge in [0.15, 0.2) is 0 Å². The number of urea groups is 1. The van der Waals surface area contributed by atoms with Crippen LogP contribution in [0, 0.1) is 0 Å². The Kier molecular flexibility index (Phi) is 4.57. The second kappa shape index (κ2) is 7.03. The number of hydrogen-bond donors (Lipinski definition) is 1. The van der Waals surface area contributed by atoms with Crippen LogP contribution < -0.4 is 10.1 Å². The first-order valence-electron chi connectivity index (χ1n) is 8.72. The SMILES string of the molecule is COc1ccc(NC(=O)c2cccs2)cc1CN1C(=O)C2CCCN2C1=O. The number of fused-ring (bicyclic) bond motifs is 1. The largest absolute Gasteiger partial charge is 0.496 e. The highest BCUT2D eigenvalue weighted by Crippen LogP contribution is 2.31. The summed E-state index contributed by atoms with van der Waals surface area (Å²) >= 11 is 1.36. The Labute approximate surface area is 160 Å². The van der Waals surface area contributed by atoms with E-state index in [4.69, 9.17) is 4.74 Å². The lowest BCUT2D eigenvalue weighted by Crippen LogP contribution is -2.32. The standard InChI is InChI=1S/C19H19N3O4S/c1-26-15-7-6-13(20-17(23)16-5-3-9-27-16)10-12(15)11-22-18(24)14-4-2-8-21(14)19(22)25/h3,5-7,9-10,14H,2,4,8,11H2,1H3,(H,20,23). The highest BCUT2D eigenvalue weighted by Gasteiger charge is 2.47. The molecule has 27 heavy (non-hydrogen) atoms. The third-order valence-electron chi connectivity index (χ3n) is 4.89. The van der Waals surface area contributed by atoms with Crippen LogP contribution in [0.4, 0.5) is 10.5 Å². The molecule has 4 rings (SSSR count). The van der Waals surface area contributed by atoms with E-state index in [0.29, 0.717) is 28.4 Å². The molecule has 3 heterocycles. The van der Waals surface area contributed by atoms with Crippen LogP contribution in [-0.2, 0) is 11.3 Å². The summed E-state index contributed by atoms with van der Waals surface area (Å²) in [5, 5.41) is 4.68. The van der Waals surface area contributed by atoms with E-state index in [1.807, 2.05) is 11.4 Å². The number of imide groups is 1. The summed E-state index contributed by atoms with van der Waals surface area (Å²) < 4.78 is 5.38. The second-order valence-corrected chi connectivity index (χ2v) is 7.46. The first kappa shape index (κ1) is 17.5. The minimum Gasteiger partial charge on any atom is -0.496 e. The first-order valence-corrected chi connectivity index (χ1v) is 9.60. The van der Waals surface area contributed by atoms with E-state index in [-0.39, 0.29) is 30.4 Å². The average Bonchev–Trinajstić information content (AvgIpc) is 3.40. The van der Waals surface area contributed by atoms with Crippen molar-refractivity contribution in [2.24, 2.45) is 0 Å². The van der Waals surface area contributed by atoms with E-state index in [1.54, 1.807) is 29.2 Å². The number of thiophene rings is 1. The fraction of sp³-hybridized carbons (Fsp3) is 0.316. The normalized spacial score (nSPS) is 18.8. The summed E-state index contributed by atoms with van der Waals surface area (Å²) in [5.41, 5.74) is 1.26. The lowest BCUT2D eigenvalue weighted by Gasteiger charge is -2.18. The number of methoxy groups -OCH3 is 1. The molecule has 1 aromatic carbocycles. The highest BCUT2D eigenvalue weighted by molar-refractivity contribution is 7.12. The van der Waals surface area contributed by atoms with Gasteiger partial charge in [-0.2, -0.15) is 0 Å². The van der Waals surface area contributed by atoms with E-state index in [0.717, 1.165) is 12.8 Å². The monoisotopic (exact) mass is 385 g/mol. The fourth-order valence-electron chi connectivity index (χ4n) is 3.58. The number of carbonyl (C=O) groups excluding carboxylic acids is 3. The number of rotatable bonds is 5. The fourth-order valence-corrected chi connectivity index (χ4v) is 4.20.